The Balaban J connectivity index is 3.29. The highest BCUT2D eigenvalue weighted by Crippen LogP contribution is 2.24. The molecule has 4 N–H and O–H groups in total. The second-order valence-corrected chi connectivity index (χ2v) is 2.82. The number of rotatable bonds is 3. The largest absolute Gasteiger partial charge is 0.365 e. The summed E-state index contributed by atoms with van der Waals surface area (Å²) in [6.07, 6.45) is 1.75. The third kappa shape index (κ3) is 1.74. The molecule has 0 aliphatic carbocycles. The fourth-order valence-electron chi connectivity index (χ4n) is 0.809. The van der Waals surface area contributed by atoms with Gasteiger partial charge in [-0.15, -0.1) is 11.8 Å². The summed E-state index contributed by atoms with van der Waals surface area (Å²) in [7, 11) is 0. The van der Waals surface area contributed by atoms with Crippen molar-refractivity contribution in [1.29, 1.82) is 5.53 Å². The van der Waals surface area contributed by atoms with Crippen molar-refractivity contribution in [2.75, 3.05) is 6.26 Å². The zero-order chi connectivity index (χ0) is 9.84. The molecular weight excluding hydrogens is 192 g/mol. The first-order chi connectivity index (χ1) is 6.20. The average molecular weight is 199 g/mol. The summed E-state index contributed by atoms with van der Waals surface area (Å²) < 4.78 is 0. The molecule has 0 aliphatic heterocycles. The van der Waals surface area contributed by atoms with Crippen LogP contribution >= 0.6 is 11.8 Å². The van der Waals surface area contributed by atoms with Gasteiger partial charge >= 0.3 is 0 Å². The maximum absolute atomic E-state index is 10.9. The van der Waals surface area contributed by atoms with Crippen LogP contribution in [-0.2, 0) is 0 Å². The molecule has 0 radical (unpaired) electrons. The number of aromatic nitrogens is 2. The molecule has 13 heavy (non-hydrogen) atoms. The lowest BCUT2D eigenvalue weighted by Crippen LogP contribution is -2.11. The maximum Gasteiger partial charge on any atom is 0.255 e. The summed E-state index contributed by atoms with van der Waals surface area (Å²) >= 11 is 1.26. The number of nitrogens with one attached hydrogen (secondary N) is 2. The molecule has 0 saturated carbocycles. The number of hydrogen-bond donors (Lipinski definition) is 3. The Morgan fingerprint density at radius 2 is 2.54 bits per heavy atom. The van der Waals surface area contributed by atoms with Crippen molar-refractivity contribution in [3.8, 4) is 0 Å². The van der Waals surface area contributed by atoms with E-state index in [1.165, 1.54) is 11.8 Å². The molecule has 1 aromatic rings. The van der Waals surface area contributed by atoms with Gasteiger partial charge in [-0.3, -0.25) is 9.89 Å². The number of carbonyl (C=O) groups is 1. The molecule has 8 heteroatoms. The highest BCUT2D eigenvalue weighted by Gasteiger charge is 2.20. The van der Waals surface area contributed by atoms with Crippen LogP contribution in [0.2, 0.25) is 0 Å². The molecule has 0 aromatic carbocycles. The standard InChI is InChI=1S/C5H6N6OS/c1-13-5-2(3(6)12)4(8-10-5)9-11-7/h7H,1H3,(H2,6,12)/p+1. The van der Waals surface area contributed by atoms with Crippen molar-refractivity contribution >= 4 is 23.5 Å². The second kappa shape index (κ2) is 3.83. The maximum atomic E-state index is 10.9. The van der Waals surface area contributed by atoms with E-state index in [1.807, 2.05) is 0 Å². The van der Waals surface area contributed by atoms with E-state index in [1.54, 1.807) is 6.26 Å². The van der Waals surface area contributed by atoms with Crippen molar-refractivity contribution in [2.24, 2.45) is 10.8 Å². The van der Waals surface area contributed by atoms with Crippen molar-refractivity contribution in [3.05, 3.63) is 5.56 Å². The normalized spacial score (nSPS) is 9.31. The van der Waals surface area contributed by atoms with Crippen LogP contribution in [0.25, 0.3) is 0 Å². The molecule has 0 saturated heterocycles. The minimum atomic E-state index is -0.638. The van der Waals surface area contributed by atoms with Crippen molar-refractivity contribution in [2.45, 2.75) is 5.03 Å². The molecule has 68 valence electrons. The van der Waals surface area contributed by atoms with Crippen LogP contribution in [0, 0.1) is 5.53 Å². The van der Waals surface area contributed by atoms with E-state index in [-0.39, 0.29) is 11.4 Å². The fourth-order valence-corrected chi connectivity index (χ4v) is 1.35. The quantitative estimate of drug-likeness (QED) is 0.371. The Labute approximate surface area is 77.3 Å². The Kier molecular flexibility index (Phi) is 2.78. The zero-order valence-electron chi connectivity index (χ0n) is 6.74. The Morgan fingerprint density at radius 3 is 3.00 bits per heavy atom. The lowest BCUT2D eigenvalue weighted by molar-refractivity contribution is 0.0998. The van der Waals surface area contributed by atoms with E-state index < -0.39 is 5.91 Å². The number of aromatic amines is 1. The summed E-state index contributed by atoms with van der Waals surface area (Å²) in [5, 5.41) is 10.0. The lowest BCUT2D eigenvalue weighted by atomic mass is 10.3. The molecule has 0 spiro atoms. The number of carbonyl (C=O) groups excluding carboxylic acids is 1. The van der Waals surface area contributed by atoms with Gasteiger partial charge in [0.05, 0.1) is 0 Å². The summed E-state index contributed by atoms with van der Waals surface area (Å²) in [4.78, 5) is 13.7. The van der Waals surface area contributed by atoms with E-state index in [0.29, 0.717) is 5.03 Å². The van der Waals surface area contributed by atoms with Crippen molar-refractivity contribution in [3.63, 3.8) is 0 Å². The minimum absolute atomic E-state index is 0.117. The number of H-pyrrole nitrogens is 1. The molecule has 0 atom stereocenters. The van der Waals surface area contributed by atoms with Gasteiger partial charge in [-0.05, 0) is 6.26 Å². The van der Waals surface area contributed by atoms with Crippen LogP contribution in [0.4, 0.5) is 5.82 Å². The van der Waals surface area contributed by atoms with Gasteiger partial charge in [0.2, 0.25) is 4.91 Å². The molecule has 0 bridgehead atoms. The summed E-state index contributed by atoms with van der Waals surface area (Å²) in [5.74, 6) is -0.521. The number of primary amides is 1. The van der Waals surface area contributed by atoms with Gasteiger partial charge in [-0.1, -0.05) is 0 Å². The van der Waals surface area contributed by atoms with Crippen LogP contribution in [0.3, 0.4) is 0 Å². The van der Waals surface area contributed by atoms with Crippen LogP contribution in [0.5, 0.6) is 0 Å². The van der Waals surface area contributed by atoms with Gasteiger partial charge in [-0.2, -0.15) is 5.10 Å². The molecule has 1 amide bonds. The monoisotopic (exact) mass is 199 g/mol. The van der Waals surface area contributed by atoms with Crippen LogP contribution < -0.4 is 10.6 Å². The Hall–Kier alpha value is -1.66. The molecule has 7 nitrogen and oxygen atoms in total. The fraction of sp³-hybridized carbons (Fsp3) is 0.200. The smallest absolute Gasteiger partial charge is 0.255 e. The molecule has 1 rings (SSSR count). The van der Waals surface area contributed by atoms with E-state index >= 15 is 0 Å². The van der Waals surface area contributed by atoms with E-state index in [4.69, 9.17) is 11.3 Å². The van der Waals surface area contributed by atoms with Crippen LogP contribution in [-0.4, -0.2) is 22.4 Å². The molecular formula is C5H7N6OS+. The zero-order valence-corrected chi connectivity index (χ0v) is 7.55. The van der Waals surface area contributed by atoms with Gasteiger partial charge in [0.25, 0.3) is 11.7 Å². The van der Waals surface area contributed by atoms with Crippen molar-refractivity contribution in [1.82, 2.24) is 15.1 Å². The number of nitrogens with two attached hydrogens (primary N) is 1. The Bertz CT molecular complexity index is 378. The SMILES string of the molecule is CSc1n[nH]c(N=[N+]=N)c1C(N)=O. The van der Waals surface area contributed by atoms with E-state index in [0.717, 1.165) is 0 Å². The van der Waals surface area contributed by atoms with Crippen molar-refractivity contribution < 1.29 is 4.79 Å². The minimum Gasteiger partial charge on any atom is -0.365 e. The first-order valence-corrected chi connectivity index (χ1v) is 4.42. The third-order valence-corrected chi connectivity index (χ3v) is 1.99. The highest BCUT2D eigenvalue weighted by atomic mass is 32.2. The third-order valence-electron chi connectivity index (χ3n) is 1.30. The Morgan fingerprint density at radius 1 is 1.85 bits per heavy atom. The first-order valence-electron chi connectivity index (χ1n) is 3.20. The predicted octanol–water partition coefficient (Wildman–Crippen LogP) is 0.412. The first kappa shape index (κ1) is 9.43. The van der Waals surface area contributed by atoms with Gasteiger partial charge in [0.15, 0.2) is 5.11 Å². The highest BCUT2D eigenvalue weighted by molar-refractivity contribution is 7.98. The molecule has 0 aliphatic rings. The van der Waals surface area contributed by atoms with Gasteiger partial charge in [0.1, 0.15) is 16.1 Å². The van der Waals surface area contributed by atoms with Gasteiger partial charge < -0.3 is 5.73 Å². The number of amides is 1. The van der Waals surface area contributed by atoms with Gasteiger partial charge in [-0.25, -0.2) is 0 Å². The van der Waals surface area contributed by atoms with Crippen LogP contribution in [0.15, 0.2) is 10.1 Å². The molecule has 0 fully saturated rings. The van der Waals surface area contributed by atoms with E-state index in [9.17, 15) is 4.79 Å². The average Bonchev–Trinajstić information content (AvgIpc) is 2.48. The second-order valence-electron chi connectivity index (χ2n) is 2.02. The van der Waals surface area contributed by atoms with Crippen LogP contribution in [0.1, 0.15) is 10.4 Å². The number of nitrogens with zero attached hydrogens (tertiary/aromatic N) is 3. The van der Waals surface area contributed by atoms with E-state index in [2.05, 4.69) is 20.2 Å². The number of hydrogen-bond acceptors (Lipinski definition) is 5. The molecule has 1 aromatic heterocycles. The molecule has 0 unspecified atom stereocenters. The van der Waals surface area contributed by atoms with Gasteiger partial charge in [0, 0.05) is 0 Å². The lowest BCUT2D eigenvalue weighted by Gasteiger charge is -1.90. The topological polar surface area (TPSA) is 122 Å². The summed E-state index contributed by atoms with van der Waals surface area (Å²) in [5.41, 5.74) is 11.8. The summed E-state index contributed by atoms with van der Waals surface area (Å²) in [6, 6.07) is 0. The molecule has 1 heterocycles. The predicted molar refractivity (Wildman–Crippen MR) is 45.8 cm³/mol. The number of thioether (sulfide) groups is 1. The summed E-state index contributed by atoms with van der Waals surface area (Å²) in [6.45, 7) is 0.